The van der Waals surface area contributed by atoms with E-state index in [1.54, 1.807) is 12.1 Å². The van der Waals surface area contributed by atoms with E-state index in [0.29, 0.717) is 5.56 Å². The SMILES string of the molecule is FC(F)(F)Oc1ccc(Br)cc1[C@H]1CCCN1. The lowest BCUT2D eigenvalue weighted by Gasteiger charge is -2.17. The van der Waals surface area contributed by atoms with Gasteiger partial charge in [0.25, 0.3) is 0 Å². The van der Waals surface area contributed by atoms with Gasteiger partial charge in [0.05, 0.1) is 0 Å². The minimum atomic E-state index is -4.65. The van der Waals surface area contributed by atoms with Crippen LogP contribution in [0.25, 0.3) is 0 Å². The van der Waals surface area contributed by atoms with E-state index < -0.39 is 6.36 Å². The first-order valence-electron chi connectivity index (χ1n) is 5.24. The summed E-state index contributed by atoms with van der Waals surface area (Å²) in [4.78, 5) is 0. The number of nitrogens with one attached hydrogen (secondary N) is 1. The number of hydrogen-bond acceptors (Lipinski definition) is 2. The van der Waals surface area contributed by atoms with Crippen LogP contribution in [0.1, 0.15) is 24.4 Å². The zero-order valence-corrected chi connectivity index (χ0v) is 10.4. The van der Waals surface area contributed by atoms with Crippen LogP contribution < -0.4 is 10.1 Å². The monoisotopic (exact) mass is 309 g/mol. The smallest absolute Gasteiger partial charge is 0.405 e. The van der Waals surface area contributed by atoms with Crippen LogP contribution in [0.5, 0.6) is 5.75 Å². The first-order chi connectivity index (χ1) is 7.96. The number of benzene rings is 1. The average Bonchev–Trinajstić information content (AvgIpc) is 2.71. The summed E-state index contributed by atoms with van der Waals surface area (Å²) in [5, 5.41) is 3.16. The van der Waals surface area contributed by atoms with E-state index in [4.69, 9.17) is 0 Å². The van der Waals surface area contributed by atoms with Crippen LogP contribution in [0.2, 0.25) is 0 Å². The fourth-order valence-electron chi connectivity index (χ4n) is 1.96. The second-order valence-electron chi connectivity index (χ2n) is 3.88. The highest BCUT2D eigenvalue weighted by Crippen LogP contribution is 2.35. The predicted molar refractivity (Wildman–Crippen MR) is 60.8 cm³/mol. The van der Waals surface area contributed by atoms with Gasteiger partial charge in [0.15, 0.2) is 0 Å². The molecule has 0 spiro atoms. The third-order valence-corrected chi connectivity index (χ3v) is 3.13. The molecule has 2 rings (SSSR count). The highest BCUT2D eigenvalue weighted by Gasteiger charge is 2.33. The molecule has 1 heterocycles. The van der Waals surface area contributed by atoms with Crippen molar-refractivity contribution in [2.24, 2.45) is 0 Å². The Morgan fingerprint density at radius 2 is 2.12 bits per heavy atom. The van der Waals surface area contributed by atoms with Crippen LogP contribution in [0.3, 0.4) is 0 Å². The fraction of sp³-hybridized carbons (Fsp3) is 0.455. The van der Waals surface area contributed by atoms with E-state index in [2.05, 4.69) is 26.0 Å². The minimum Gasteiger partial charge on any atom is -0.405 e. The van der Waals surface area contributed by atoms with Gasteiger partial charge in [0, 0.05) is 16.1 Å². The van der Waals surface area contributed by atoms with Crippen molar-refractivity contribution in [1.82, 2.24) is 5.32 Å². The molecule has 6 heteroatoms. The third kappa shape index (κ3) is 3.35. The molecule has 17 heavy (non-hydrogen) atoms. The van der Waals surface area contributed by atoms with Gasteiger partial charge in [-0.1, -0.05) is 15.9 Å². The quantitative estimate of drug-likeness (QED) is 0.898. The summed E-state index contributed by atoms with van der Waals surface area (Å²) in [7, 11) is 0. The molecule has 1 saturated heterocycles. The molecule has 1 fully saturated rings. The molecule has 1 aromatic rings. The van der Waals surface area contributed by atoms with Gasteiger partial charge in [0.2, 0.25) is 0 Å². The van der Waals surface area contributed by atoms with Crippen molar-refractivity contribution in [3.8, 4) is 5.75 Å². The van der Waals surface area contributed by atoms with Crippen molar-refractivity contribution < 1.29 is 17.9 Å². The number of alkyl halides is 3. The Kier molecular flexibility index (Phi) is 3.63. The number of halogens is 4. The Hall–Kier alpha value is -0.750. The lowest BCUT2D eigenvalue weighted by Crippen LogP contribution is -2.20. The van der Waals surface area contributed by atoms with E-state index in [-0.39, 0.29) is 11.8 Å². The third-order valence-electron chi connectivity index (χ3n) is 2.63. The lowest BCUT2D eigenvalue weighted by molar-refractivity contribution is -0.275. The zero-order valence-electron chi connectivity index (χ0n) is 8.85. The molecule has 0 amide bonds. The zero-order chi connectivity index (χ0) is 12.5. The number of hydrogen-bond donors (Lipinski definition) is 1. The first kappa shape index (κ1) is 12.7. The summed E-state index contributed by atoms with van der Waals surface area (Å²) in [6, 6.07) is 4.49. The van der Waals surface area contributed by atoms with Gasteiger partial charge in [-0.05, 0) is 37.6 Å². The lowest BCUT2D eigenvalue weighted by atomic mass is 10.0. The van der Waals surface area contributed by atoms with Crippen LogP contribution >= 0.6 is 15.9 Å². The van der Waals surface area contributed by atoms with E-state index >= 15 is 0 Å². The van der Waals surface area contributed by atoms with E-state index in [0.717, 1.165) is 23.9 Å². The molecule has 1 aliphatic rings. The first-order valence-corrected chi connectivity index (χ1v) is 6.03. The van der Waals surface area contributed by atoms with E-state index in [1.807, 2.05) is 0 Å². The Morgan fingerprint density at radius 1 is 1.35 bits per heavy atom. The summed E-state index contributed by atoms with van der Waals surface area (Å²) in [6.07, 6.45) is -2.87. The highest BCUT2D eigenvalue weighted by molar-refractivity contribution is 9.10. The maximum atomic E-state index is 12.3. The van der Waals surface area contributed by atoms with Gasteiger partial charge < -0.3 is 10.1 Å². The van der Waals surface area contributed by atoms with Gasteiger partial charge in [-0.25, -0.2) is 0 Å². The molecule has 1 atom stereocenters. The molecular weight excluding hydrogens is 299 g/mol. The summed E-state index contributed by atoms with van der Waals surface area (Å²) in [5.74, 6) is -0.125. The molecule has 0 aliphatic carbocycles. The molecule has 0 bridgehead atoms. The summed E-state index contributed by atoms with van der Waals surface area (Å²) >= 11 is 3.26. The fourth-order valence-corrected chi connectivity index (χ4v) is 2.34. The van der Waals surface area contributed by atoms with Crippen molar-refractivity contribution in [3.05, 3.63) is 28.2 Å². The molecule has 1 aliphatic heterocycles. The Labute approximate surface area is 105 Å². The summed E-state index contributed by atoms with van der Waals surface area (Å²) in [6.45, 7) is 0.822. The van der Waals surface area contributed by atoms with Crippen molar-refractivity contribution >= 4 is 15.9 Å². The van der Waals surface area contributed by atoms with Gasteiger partial charge in [0.1, 0.15) is 5.75 Å². The van der Waals surface area contributed by atoms with Crippen molar-refractivity contribution in [2.45, 2.75) is 25.2 Å². The van der Waals surface area contributed by atoms with Gasteiger partial charge in [-0.2, -0.15) is 0 Å². The summed E-state index contributed by atoms with van der Waals surface area (Å²) < 4.78 is 41.5. The summed E-state index contributed by atoms with van der Waals surface area (Å²) in [5.41, 5.74) is 0.550. The molecule has 94 valence electrons. The molecule has 1 aromatic carbocycles. The number of ether oxygens (including phenoxy) is 1. The second kappa shape index (κ2) is 4.86. The van der Waals surface area contributed by atoms with Crippen LogP contribution in [0.15, 0.2) is 22.7 Å². The minimum absolute atomic E-state index is 0.0650. The molecule has 0 saturated carbocycles. The van der Waals surface area contributed by atoms with E-state index in [1.165, 1.54) is 6.07 Å². The highest BCUT2D eigenvalue weighted by atomic mass is 79.9. The van der Waals surface area contributed by atoms with Crippen molar-refractivity contribution in [3.63, 3.8) is 0 Å². The molecule has 1 N–H and O–H groups in total. The molecule has 2 nitrogen and oxygen atoms in total. The largest absolute Gasteiger partial charge is 0.573 e. The normalized spacial score (nSPS) is 20.6. The number of rotatable bonds is 2. The van der Waals surface area contributed by atoms with Gasteiger partial charge >= 0.3 is 6.36 Å². The van der Waals surface area contributed by atoms with Crippen molar-refractivity contribution in [1.29, 1.82) is 0 Å². The van der Waals surface area contributed by atoms with Gasteiger partial charge in [-0.3, -0.25) is 0 Å². The Bertz CT molecular complexity index is 402. The Morgan fingerprint density at radius 3 is 2.71 bits per heavy atom. The standard InChI is InChI=1S/C11H11BrF3NO/c12-7-3-4-10(17-11(13,14)15)8(6-7)9-2-1-5-16-9/h3-4,6,9,16H,1-2,5H2/t9-/m1/s1. The average molecular weight is 310 g/mol. The predicted octanol–water partition coefficient (Wildman–Crippen LogP) is 3.77. The molecule has 0 unspecified atom stereocenters. The van der Waals surface area contributed by atoms with Gasteiger partial charge in [-0.15, -0.1) is 13.2 Å². The maximum Gasteiger partial charge on any atom is 0.573 e. The Balaban J connectivity index is 2.30. The molecular formula is C11H11BrF3NO. The molecule has 0 radical (unpaired) electrons. The van der Waals surface area contributed by atoms with Crippen LogP contribution in [-0.4, -0.2) is 12.9 Å². The van der Waals surface area contributed by atoms with E-state index in [9.17, 15) is 13.2 Å². The maximum absolute atomic E-state index is 12.3. The topological polar surface area (TPSA) is 21.3 Å². The van der Waals surface area contributed by atoms with Crippen LogP contribution in [0.4, 0.5) is 13.2 Å². The van der Waals surface area contributed by atoms with Crippen LogP contribution in [0, 0.1) is 0 Å². The molecule has 0 aromatic heterocycles. The van der Waals surface area contributed by atoms with Crippen molar-refractivity contribution in [2.75, 3.05) is 6.54 Å². The van der Waals surface area contributed by atoms with Crippen LogP contribution in [-0.2, 0) is 0 Å². The second-order valence-corrected chi connectivity index (χ2v) is 4.79.